The van der Waals surface area contributed by atoms with Crippen molar-refractivity contribution in [2.24, 2.45) is 22.7 Å². The van der Waals surface area contributed by atoms with Crippen LogP contribution in [0.5, 0.6) is 0 Å². The van der Waals surface area contributed by atoms with E-state index in [2.05, 4.69) is 23.9 Å². The van der Waals surface area contributed by atoms with Crippen LogP contribution in [0.15, 0.2) is 30.6 Å². The van der Waals surface area contributed by atoms with E-state index in [1.807, 2.05) is 25.3 Å². The first-order chi connectivity index (χ1) is 20.1. The number of nitrogens with zero attached hydrogens (tertiary/aromatic N) is 3. The third-order valence-electron chi connectivity index (χ3n) is 10.9. The molecule has 1 amide bonds. The van der Waals surface area contributed by atoms with Crippen LogP contribution < -0.4 is 0 Å². The Kier molecular flexibility index (Phi) is 7.18. The third kappa shape index (κ3) is 5.03. The number of nitrogens with one attached hydrogen (secondary N) is 1. The van der Waals surface area contributed by atoms with Crippen LogP contribution in [0, 0.1) is 22.7 Å². The molecule has 3 aliphatic rings. The van der Waals surface area contributed by atoms with E-state index in [1.165, 1.54) is 0 Å². The molecule has 0 aliphatic heterocycles. The fourth-order valence-corrected chi connectivity index (χ4v) is 8.29. The van der Waals surface area contributed by atoms with Crippen LogP contribution in [0.1, 0.15) is 99.8 Å². The number of halogens is 4. The number of rotatable bonds is 7. The van der Waals surface area contributed by atoms with Crippen molar-refractivity contribution in [2.45, 2.75) is 90.4 Å². The van der Waals surface area contributed by atoms with Gasteiger partial charge in [0.2, 0.25) is 0 Å². The van der Waals surface area contributed by atoms with E-state index in [0.717, 1.165) is 40.2 Å². The largest absolute Gasteiger partial charge is 0.481 e. The molecule has 0 radical (unpaired) electrons. The van der Waals surface area contributed by atoms with Crippen molar-refractivity contribution in [1.82, 2.24) is 19.7 Å². The minimum absolute atomic E-state index is 0.172. The lowest BCUT2D eigenvalue weighted by atomic mass is 9.74. The Hall–Kier alpha value is -3.01. The Labute approximate surface area is 253 Å². The summed E-state index contributed by atoms with van der Waals surface area (Å²) in [5.74, 6) is -0.912. The van der Waals surface area contributed by atoms with E-state index in [-0.39, 0.29) is 49.6 Å². The molecule has 3 aliphatic carbocycles. The molecule has 4 atom stereocenters. The van der Waals surface area contributed by atoms with Crippen molar-refractivity contribution >= 4 is 34.4 Å². The van der Waals surface area contributed by atoms with Crippen LogP contribution in [-0.2, 0) is 11.0 Å². The van der Waals surface area contributed by atoms with Gasteiger partial charge in [-0.25, -0.2) is 0 Å². The van der Waals surface area contributed by atoms with Crippen LogP contribution in [0.3, 0.4) is 0 Å². The van der Waals surface area contributed by atoms with Gasteiger partial charge in [-0.15, -0.1) is 0 Å². The van der Waals surface area contributed by atoms with E-state index < -0.39 is 40.8 Å². The Bertz CT molecular complexity index is 1560. The van der Waals surface area contributed by atoms with E-state index in [1.54, 1.807) is 17.9 Å². The van der Waals surface area contributed by atoms with Crippen molar-refractivity contribution in [3.05, 3.63) is 52.4 Å². The van der Waals surface area contributed by atoms with Gasteiger partial charge in [0.1, 0.15) is 0 Å². The zero-order valence-corrected chi connectivity index (χ0v) is 25.6. The lowest BCUT2D eigenvalue weighted by Gasteiger charge is -2.35. The second kappa shape index (κ2) is 10.3. The second-order valence-corrected chi connectivity index (χ2v) is 14.3. The summed E-state index contributed by atoms with van der Waals surface area (Å²) in [6.45, 7) is 8.27. The molecule has 2 N–H and O–H groups in total. The summed E-state index contributed by atoms with van der Waals surface area (Å²) in [6.07, 6.45) is 0.608. The van der Waals surface area contributed by atoms with Gasteiger partial charge in [0.25, 0.3) is 5.91 Å². The Morgan fingerprint density at radius 3 is 2.44 bits per heavy atom. The molecular weight excluding hydrogens is 581 g/mol. The van der Waals surface area contributed by atoms with E-state index >= 15 is 0 Å². The minimum Gasteiger partial charge on any atom is -0.481 e. The third-order valence-corrected chi connectivity index (χ3v) is 11.3. The highest BCUT2D eigenvalue weighted by Crippen LogP contribution is 2.67. The van der Waals surface area contributed by atoms with Gasteiger partial charge in [-0.05, 0) is 80.4 Å². The fourth-order valence-electron chi connectivity index (χ4n) is 8.01. The smallest absolute Gasteiger partial charge is 0.433 e. The molecule has 3 fully saturated rings. The highest BCUT2D eigenvalue weighted by molar-refractivity contribution is 6.35. The highest BCUT2D eigenvalue weighted by Gasteiger charge is 2.63. The molecule has 0 saturated heterocycles. The van der Waals surface area contributed by atoms with Crippen LogP contribution >= 0.6 is 11.6 Å². The SMILES string of the molecule is CC(CN(C(=O)c1cnn(C2CCC(C)(C(=O)O)CC2)c1C(F)(F)F)C1C[C@@H]2[C@H](C1)C2(C)C)c1c[nH]c2cccc(Cl)c12. The fraction of sp³-hybridized carbons (Fsp3) is 0.594. The lowest BCUT2D eigenvalue weighted by Crippen LogP contribution is -2.43. The number of carboxylic acid groups (broad SMARTS) is 1. The van der Waals surface area contributed by atoms with Crippen molar-refractivity contribution in [3.63, 3.8) is 0 Å². The van der Waals surface area contributed by atoms with Crippen LogP contribution in [0.25, 0.3) is 10.9 Å². The number of hydrogen-bond acceptors (Lipinski definition) is 3. The Balaban J connectivity index is 1.33. The van der Waals surface area contributed by atoms with Gasteiger partial charge in [-0.3, -0.25) is 14.3 Å². The number of aliphatic carboxylic acids is 1. The number of carbonyl (C=O) groups excluding carboxylic acids is 1. The molecule has 1 aromatic carbocycles. The van der Waals surface area contributed by atoms with Gasteiger partial charge in [0.05, 0.1) is 28.2 Å². The first kappa shape index (κ1) is 30.0. The molecule has 2 heterocycles. The molecule has 0 spiro atoms. The maximum atomic E-state index is 14.7. The second-order valence-electron chi connectivity index (χ2n) is 13.9. The highest BCUT2D eigenvalue weighted by atomic mass is 35.5. The Morgan fingerprint density at radius 1 is 1.19 bits per heavy atom. The first-order valence-electron chi connectivity index (χ1n) is 15.1. The van der Waals surface area contributed by atoms with Gasteiger partial charge in [-0.2, -0.15) is 18.3 Å². The number of aromatic amines is 1. The summed E-state index contributed by atoms with van der Waals surface area (Å²) in [7, 11) is 0. The molecule has 6 rings (SSSR count). The van der Waals surface area contributed by atoms with Gasteiger partial charge < -0.3 is 15.0 Å². The summed E-state index contributed by atoms with van der Waals surface area (Å²) in [5.41, 5.74) is -0.494. The monoisotopic (exact) mass is 618 g/mol. The molecule has 11 heteroatoms. The molecule has 3 saturated carbocycles. The first-order valence-corrected chi connectivity index (χ1v) is 15.5. The number of aromatic nitrogens is 3. The topological polar surface area (TPSA) is 91.2 Å². The molecule has 43 heavy (non-hydrogen) atoms. The van der Waals surface area contributed by atoms with Crippen LogP contribution in [0.4, 0.5) is 13.2 Å². The number of alkyl halides is 3. The molecule has 2 aromatic heterocycles. The van der Waals surface area contributed by atoms with Crippen molar-refractivity contribution in [3.8, 4) is 0 Å². The lowest BCUT2D eigenvalue weighted by molar-refractivity contribution is -0.152. The molecule has 2 unspecified atom stereocenters. The predicted molar refractivity (Wildman–Crippen MR) is 157 cm³/mol. The summed E-state index contributed by atoms with van der Waals surface area (Å²) < 4.78 is 45.1. The Morgan fingerprint density at radius 2 is 1.84 bits per heavy atom. The summed E-state index contributed by atoms with van der Waals surface area (Å²) in [6, 6.07) is 4.77. The molecule has 232 valence electrons. The minimum atomic E-state index is -4.81. The zero-order valence-electron chi connectivity index (χ0n) is 24.8. The average molecular weight is 619 g/mol. The standard InChI is InChI=1S/C32H38ClF3N4O3/c1-17(20-14-37-25-7-5-6-24(33)26(20)25)16-39(19-12-22-23(13-19)30(22,2)3)28(41)21-15-38-40(27(21)32(34,35)36)18-8-10-31(4,11-9-18)29(42)43/h5-7,14-15,17-19,22-23,37H,8-13,16H2,1-4H3,(H,42,43)/t17?,18?,19?,22-,23+,31?. The maximum Gasteiger partial charge on any atom is 0.433 e. The molecule has 3 aromatic rings. The van der Waals surface area contributed by atoms with E-state index in [4.69, 9.17) is 11.6 Å². The van der Waals surface area contributed by atoms with Crippen molar-refractivity contribution in [1.29, 1.82) is 0 Å². The predicted octanol–water partition coefficient (Wildman–Crippen LogP) is 7.92. The van der Waals surface area contributed by atoms with Gasteiger partial charge >= 0.3 is 12.1 Å². The van der Waals surface area contributed by atoms with Crippen LogP contribution in [-0.4, -0.2) is 49.2 Å². The summed E-state index contributed by atoms with van der Waals surface area (Å²) in [4.78, 5) is 30.9. The normalized spacial score (nSPS) is 28.9. The number of benzene rings is 1. The van der Waals surface area contributed by atoms with E-state index in [0.29, 0.717) is 16.9 Å². The quantitative estimate of drug-likeness (QED) is 0.281. The number of H-pyrrole nitrogens is 1. The maximum absolute atomic E-state index is 14.7. The van der Waals surface area contributed by atoms with Crippen LogP contribution in [0.2, 0.25) is 5.02 Å². The zero-order chi connectivity index (χ0) is 31.1. The van der Waals surface area contributed by atoms with E-state index in [9.17, 15) is 27.9 Å². The number of carboxylic acids is 1. The van der Waals surface area contributed by atoms with Gasteiger partial charge in [-0.1, -0.05) is 38.4 Å². The number of amides is 1. The summed E-state index contributed by atoms with van der Waals surface area (Å²) >= 11 is 6.54. The number of fused-ring (bicyclic) bond motifs is 2. The molecule has 0 bridgehead atoms. The number of carbonyl (C=O) groups is 2. The molecule has 7 nitrogen and oxygen atoms in total. The van der Waals surface area contributed by atoms with Gasteiger partial charge in [0, 0.05) is 35.6 Å². The van der Waals surface area contributed by atoms with Crippen molar-refractivity contribution < 1.29 is 27.9 Å². The summed E-state index contributed by atoms with van der Waals surface area (Å²) in [5, 5.41) is 15.2. The molecular formula is C32H38ClF3N4O3. The number of hydrogen-bond donors (Lipinski definition) is 2. The van der Waals surface area contributed by atoms with Crippen molar-refractivity contribution in [2.75, 3.05) is 6.54 Å². The van der Waals surface area contributed by atoms with Gasteiger partial charge in [0.15, 0.2) is 5.69 Å². The average Bonchev–Trinajstić information content (AvgIpc) is 3.51.